The number of rotatable bonds is 6. The van der Waals surface area contributed by atoms with Crippen molar-refractivity contribution in [1.29, 1.82) is 0 Å². The number of hydrogen-bond donors (Lipinski definition) is 1. The van der Waals surface area contributed by atoms with Gasteiger partial charge in [-0.1, -0.05) is 29.3 Å². The third kappa shape index (κ3) is 5.44. The third-order valence-corrected chi connectivity index (χ3v) is 3.92. The van der Waals surface area contributed by atoms with Crippen LogP contribution in [0.4, 0.5) is 14.5 Å². The van der Waals surface area contributed by atoms with Crippen LogP contribution in [0.15, 0.2) is 36.4 Å². The van der Waals surface area contributed by atoms with Gasteiger partial charge in [-0.05, 0) is 42.9 Å². The Morgan fingerprint density at radius 1 is 1.12 bits per heavy atom. The van der Waals surface area contributed by atoms with Crippen molar-refractivity contribution in [3.8, 4) is 0 Å². The molecule has 0 unspecified atom stereocenters. The molecule has 128 valence electrons. The van der Waals surface area contributed by atoms with E-state index in [2.05, 4.69) is 5.32 Å². The fourth-order valence-electron chi connectivity index (χ4n) is 2.13. The third-order valence-electron chi connectivity index (χ3n) is 3.36. The average Bonchev–Trinajstić information content (AvgIpc) is 2.52. The lowest BCUT2D eigenvalue weighted by atomic mass is 10.2. The lowest BCUT2D eigenvalue weighted by Crippen LogP contribution is -2.24. The predicted octanol–water partition coefficient (Wildman–Crippen LogP) is 4.73. The highest BCUT2D eigenvalue weighted by Crippen LogP contribution is 2.25. The molecular formula is C17H16Cl2F2N2O. The van der Waals surface area contributed by atoms with Gasteiger partial charge >= 0.3 is 0 Å². The Balaban J connectivity index is 1.84. The fraction of sp³-hybridized carbons (Fsp3) is 0.235. The molecule has 0 bridgehead atoms. The minimum Gasteiger partial charge on any atom is -0.325 e. The summed E-state index contributed by atoms with van der Waals surface area (Å²) in [7, 11) is 1.79. The highest BCUT2D eigenvalue weighted by Gasteiger charge is 2.09. The van der Waals surface area contributed by atoms with E-state index < -0.39 is 11.6 Å². The van der Waals surface area contributed by atoms with Crippen molar-refractivity contribution in [2.45, 2.75) is 13.0 Å². The Kier molecular flexibility index (Phi) is 6.54. The molecule has 24 heavy (non-hydrogen) atoms. The van der Waals surface area contributed by atoms with Crippen LogP contribution in [0.5, 0.6) is 0 Å². The summed E-state index contributed by atoms with van der Waals surface area (Å²) in [6, 6.07) is 8.57. The van der Waals surface area contributed by atoms with Gasteiger partial charge < -0.3 is 10.2 Å². The van der Waals surface area contributed by atoms with Gasteiger partial charge in [0.25, 0.3) is 0 Å². The Morgan fingerprint density at radius 3 is 2.58 bits per heavy atom. The molecule has 2 aromatic rings. The number of benzene rings is 2. The Morgan fingerprint density at radius 2 is 1.88 bits per heavy atom. The van der Waals surface area contributed by atoms with Crippen molar-refractivity contribution in [2.75, 3.05) is 18.9 Å². The fourth-order valence-corrected chi connectivity index (χ4v) is 2.46. The molecule has 0 atom stereocenters. The maximum absolute atomic E-state index is 13.2. The topological polar surface area (TPSA) is 32.3 Å². The molecule has 0 fully saturated rings. The molecule has 0 heterocycles. The van der Waals surface area contributed by atoms with Crippen LogP contribution in [-0.4, -0.2) is 24.4 Å². The second-order valence-electron chi connectivity index (χ2n) is 5.41. The van der Waals surface area contributed by atoms with E-state index in [1.807, 2.05) is 4.90 Å². The monoisotopic (exact) mass is 372 g/mol. The van der Waals surface area contributed by atoms with E-state index >= 15 is 0 Å². The molecule has 7 heteroatoms. The van der Waals surface area contributed by atoms with Gasteiger partial charge in [-0.15, -0.1) is 0 Å². The smallest absolute Gasteiger partial charge is 0.225 e. The summed E-state index contributed by atoms with van der Waals surface area (Å²) in [6.45, 7) is 0.853. The zero-order chi connectivity index (χ0) is 17.7. The zero-order valence-electron chi connectivity index (χ0n) is 13.0. The zero-order valence-corrected chi connectivity index (χ0v) is 14.5. The lowest BCUT2D eigenvalue weighted by molar-refractivity contribution is -0.116. The summed E-state index contributed by atoms with van der Waals surface area (Å²) in [6.07, 6.45) is 0.225. The van der Waals surface area contributed by atoms with Crippen LogP contribution < -0.4 is 5.32 Å². The van der Waals surface area contributed by atoms with Crippen LogP contribution in [-0.2, 0) is 11.3 Å². The average molecular weight is 373 g/mol. The predicted molar refractivity (Wildman–Crippen MR) is 92.4 cm³/mol. The first-order chi connectivity index (χ1) is 11.3. The van der Waals surface area contributed by atoms with Crippen LogP contribution in [0, 0.1) is 11.6 Å². The molecular weight excluding hydrogens is 357 g/mol. The number of nitrogens with zero attached hydrogens (tertiary/aromatic N) is 1. The highest BCUT2D eigenvalue weighted by molar-refractivity contribution is 6.35. The van der Waals surface area contributed by atoms with E-state index in [4.69, 9.17) is 23.2 Å². The van der Waals surface area contributed by atoms with E-state index in [1.54, 1.807) is 25.2 Å². The quantitative estimate of drug-likeness (QED) is 0.794. The molecule has 0 radical (unpaired) electrons. The van der Waals surface area contributed by atoms with E-state index in [0.717, 1.165) is 12.1 Å². The van der Waals surface area contributed by atoms with E-state index in [0.29, 0.717) is 34.4 Å². The van der Waals surface area contributed by atoms with E-state index in [9.17, 15) is 13.6 Å². The van der Waals surface area contributed by atoms with Crippen LogP contribution >= 0.6 is 23.2 Å². The number of anilines is 1. The molecule has 0 aliphatic carbocycles. The first-order valence-corrected chi connectivity index (χ1v) is 7.98. The van der Waals surface area contributed by atoms with Gasteiger partial charge in [-0.25, -0.2) is 8.78 Å². The molecule has 0 aliphatic heterocycles. The van der Waals surface area contributed by atoms with Crippen molar-refractivity contribution in [3.63, 3.8) is 0 Å². The minimum absolute atomic E-state index is 0.212. The maximum atomic E-state index is 13.2. The van der Waals surface area contributed by atoms with Gasteiger partial charge in [0.05, 0.1) is 10.7 Å². The van der Waals surface area contributed by atoms with Crippen molar-refractivity contribution < 1.29 is 13.6 Å². The van der Waals surface area contributed by atoms with Crippen molar-refractivity contribution >= 4 is 34.8 Å². The SMILES string of the molecule is CN(CCC(=O)Nc1cc(Cl)ccc1Cl)Cc1ccc(F)c(F)c1. The molecule has 0 saturated carbocycles. The summed E-state index contributed by atoms with van der Waals surface area (Å²) < 4.78 is 26.1. The van der Waals surface area contributed by atoms with Gasteiger partial charge in [0.2, 0.25) is 5.91 Å². The number of halogens is 4. The van der Waals surface area contributed by atoms with Crippen molar-refractivity contribution in [3.05, 3.63) is 63.6 Å². The summed E-state index contributed by atoms with van der Waals surface area (Å²) in [5, 5.41) is 3.58. The number of amides is 1. The first kappa shape index (κ1) is 18.6. The van der Waals surface area contributed by atoms with Gasteiger partial charge in [0.1, 0.15) is 0 Å². The van der Waals surface area contributed by atoms with Gasteiger partial charge in [0.15, 0.2) is 11.6 Å². The summed E-state index contributed by atoms with van der Waals surface area (Å²) >= 11 is 11.9. The molecule has 0 aliphatic rings. The molecule has 2 aromatic carbocycles. The van der Waals surface area contributed by atoms with Crippen LogP contribution in [0.2, 0.25) is 10.0 Å². The van der Waals surface area contributed by atoms with Crippen LogP contribution in [0.1, 0.15) is 12.0 Å². The highest BCUT2D eigenvalue weighted by atomic mass is 35.5. The summed E-state index contributed by atoms with van der Waals surface area (Å²) in [5.74, 6) is -1.97. The number of hydrogen-bond acceptors (Lipinski definition) is 2. The van der Waals surface area contributed by atoms with Crippen LogP contribution in [0.25, 0.3) is 0 Å². The number of carbonyl (C=O) groups is 1. The maximum Gasteiger partial charge on any atom is 0.225 e. The molecule has 0 aromatic heterocycles. The summed E-state index contributed by atoms with van der Waals surface area (Å²) in [5.41, 5.74) is 1.09. The normalized spacial score (nSPS) is 10.9. The Bertz CT molecular complexity index is 741. The minimum atomic E-state index is -0.880. The second-order valence-corrected chi connectivity index (χ2v) is 6.25. The Labute approximate surface area is 149 Å². The van der Waals surface area contributed by atoms with Gasteiger partial charge in [-0.2, -0.15) is 0 Å². The number of carbonyl (C=O) groups excluding carboxylic acids is 1. The first-order valence-electron chi connectivity index (χ1n) is 7.22. The van der Waals surface area contributed by atoms with Crippen molar-refractivity contribution in [2.24, 2.45) is 0 Å². The largest absolute Gasteiger partial charge is 0.325 e. The Hall–Kier alpha value is -1.69. The van der Waals surface area contributed by atoms with E-state index in [-0.39, 0.29) is 12.3 Å². The molecule has 2 rings (SSSR count). The number of nitrogens with one attached hydrogen (secondary N) is 1. The molecule has 0 spiro atoms. The molecule has 1 N–H and O–H groups in total. The standard InChI is InChI=1S/C17H16Cl2F2N2O/c1-23(10-11-2-5-14(20)15(21)8-11)7-6-17(24)22-16-9-12(18)3-4-13(16)19/h2-5,8-9H,6-7,10H2,1H3,(H,22,24). The lowest BCUT2D eigenvalue weighted by Gasteiger charge is -2.17. The van der Waals surface area contributed by atoms with E-state index in [1.165, 1.54) is 6.07 Å². The second kappa shape index (κ2) is 8.42. The van der Waals surface area contributed by atoms with Crippen molar-refractivity contribution in [1.82, 2.24) is 4.90 Å². The van der Waals surface area contributed by atoms with Gasteiger partial charge in [-0.3, -0.25) is 4.79 Å². The summed E-state index contributed by atoms with van der Waals surface area (Å²) in [4.78, 5) is 13.8. The molecule has 0 saturated heterocycles. The van der Waals surface area contributed by atoms with Gasteiger partial charge in [0, 0.05) is 24.5 Å². The molecule has 3 nitrogen and oxygen atoms in total. The van der Waals surface area contributed by atoms with Crippen LogP contribution in [0.3, 0.4) is 0 Å². The molecule has 1 amide bonds.